The smallest absolute Gasteiger partial charge is 0.270 e. The minimum Gasteiger partial charge on any atom is -0.491 e. The van der Waals surface area contributed by atoms with E-state index in [9.17, 15) is 9.59 Å². The molecule has 0 aromatic carbocycles. The Labute approximate surface area is 123 Å². The molecule has 1 aliphatic carbocycles. The molecule has 21 heavy (non-hydrogen) atoms. The number of allylic oxidation sites excluding steroid dienone is 2. The van der Waals surface area contributed by atoms with Crippen LogP contribution in [-0.4, -0.2) is 36.0 Å². The van der Waals surface area contributed by atoms with Crippen molar-refractivity contribution in [1.82, 2.24) is 9.88 Å². The summed E-state index contributed by atoms with van der Waals surface area (Å²) in [6.45, 7) is 3.71. The minimum absolute atomic E-state index is 0.0955. The number of aromatic amines is 1. The average Bonchev–Trinajstić information content (AvgIpc) is 2.89. The summed E-state index contributed by atoms with van der Waals surface area (Å²) >= 11 is 0. The van der Waals surface area contributed by atoms with Crippen LogP contribution in [0.4, 0.5) is 0 Å². The second kappa shape index (κ2) is 5.39. The Balaban J connectivity index is 1.75. The summed E-state index contributed by atoms with van der Waals surface area (Å²) in [6.07, 6.45) is 5.86. The molecule has 1 amide bonds. The fourth-order valence-electron chi connectivity index (χ4n) is 3.36. The SMILES string of the molecule is COc1c[nH]c(C(=O)N2C[C@H]3CC(C)=CC[C@H]3C2)cc1=O. The van der Waals surface area contributed by atoms with Crippen LogP contribution in [0.15, 0.2) is 28.7 Å². The molecule has 0 unspecified atom stereocenters. The second-order valence-corrected chi connectivity index (χ2v) is 6.00. The van der Waals surface area contributed by atoms with E-state index in [4.69, 9.17) is 4.74 Å². The van der Waals surface area contributed by atoms with Crippen LogP contribution in [0.3, 0.4) is 0 Å². The lowest BCUT2D eigenvalue weighted by Crippen LogP contribution is -2.30. The zero-order valence-corrected chi connectivity index (χ0v) is 12.4. The molecule has 0 spiro atoms. The summed E-state index contributed by atoms with van der Waals surface area (Å²) in [5, 5.41) is 0. The predicted molar refractivity (Wildman–Crippen MR) is 79.5 cm³/mol. The molecular weight excluding hydrogens is 268 g/mol. The molecule has 1 aromatic rings. The van der Waals surface area contributed by atoms with Gasteiger partial charge in [0, 0.05) is 25.4 Å². The summed E-state index contributed by atoms with van der Waals surface area (Å²) in [6, 6.07) is 1.33. The summed E-state index contributed by atoms with van der Waals surface area (Å²) < 4.78 is 4.92. The lowest BCUT2D eigenvalue weighted by Gasteiger charge is -2.21. The molecule has 0 radical (unpaired) electrons. The molecular formula is C16H20N2O3. The van der Waals surface area contributed by atoms with Crippen LogP contribution in [0.2, 0.25) is 0 Å². The number of ether oxygens (including phenoxy) is 1. The maximum Gasteiger partial charge on any atom is 0.270 e. The molecule has 1 fully saturated rings. The molecule has 1 saturated heterocycles. The first-order valence-corrected chi connectivity index (χ1v) is 7.30. The van der Waals surface area contributed by atoms with E-state index in [0.29, 0.717) is 17.5 Å². The number of likely N-dealkylation sites (tertiary alicyclic amines) is 1. The number of nitrogens with zero attached hydrogens (tertiary/aromatic N) is 1. The number of nitrogens with one attached hydrogen (secondary N) is 1. The number of carbonyl (C=O) groups is 1. The number of H-pyrrole nitrogens is 1. The van der Waals surface area contributed by atoms with Crippen LogP contribution in [0.25, 0.3) is 0 Å². The highest BCUT2D eigenvalue weighted by Crippen LogP contribution is 2.35. The highest BCUT2D eigenvalue weighted by molar-refractivity contribution is 5.92. The molecule has 1 aliphatic heterocycles. The van der Waals surface area contributed by atoms with Crippen molar-refractivity contribution in [3.63, 3.8) is 0 Å². The van der Waals surface area contributed by atoms with Crippen LogP contribution in [-0.2, 0) is 0 Å². The first-order chi connectivity index (χ1) is 10.1. The number of pyridine rings is 1. The molecule has 0 bridgehead atoms. The Kier molecular flexibility index (Phi) is 3.57. The molecule has 2 atom stereocenters. The van der Waals surface area contributed by atoms with Crippen LogP contribution < -0.4 is 10.2 Å². The monoisotopic (exact) mass is 288 g/mol. The van der Waals surface area contributed by atoms with E-state index in [1.807, 2.05) is 4.90 Å². The van der Waals surface area contributed by atoms with Crippen molar-refractivity contribution in [1.29, 1.82) is 0 Å². The highest BCUT2D eigenvalue weighted by atomic mass is 16.5. The van der Waals surface area contributed by atoms with Crippen molar-refractivity contribution in [2.75, 3.05) is 20.2 Å². The number of methoxy groups -OCH3 is 1. The summed E-state index contributed by atoms with van der Waals surface area (Å²) in [5.41, 5.74) is 1.49. The van der Waals surface area contributed by atoms with Gasteiger partial charge >= 0.3 is 0 Å². The molecule has 1 aromatic heterocycles. The maximum absolute atomic E-state index is 12.5. The van der Waals surface area contributed by atoms with E-state index < -0.39 is 0 Å². The topological polar surface area (TPSA) is 62.4 Å². The quantitative estimate of drug-likeness (QED) is 0.844. The highest BCUT2D eigenvalue weighted by Gasteiger charge is 2.36. The summed E-state index contributed by atoms with van der Waals surface area (Å²) in [5.74, 6) is 1.25. The normalized spacial score (nSPS) is 24.5. The third-order valence-corrected chi connectivity index (χ3v) is 4.54. The third-order valence-electron chi connectivity index (χ3n) is 4.54. The zero-order chi connectivity index (χ0) is 15.0. The fraction of sp³-hybridized carbons (Fsp3) is 0.500. The molecule has 3 rings (SSSR count). The molecule has 2 heterocycles. The first kappa shape index (κ1) is 13.9. The fourth-order valence-corrected chi connectivity index (χ4v) is 3.36. The number of aromatic nitrogens is 1. The van der Waals surface area contributed by atoms with E-state index in [2.05, 4.69) is 18.0 Å². The van der Waals surface area contributed by atoms with Crippen molar-refractivity contribution < 1.29 is 9.53 Å². The zero-order valence-electron chi connectivity index (χ0n) is 12.4. The van der Waals surface area contributed by atoms with Crippen molar-refractivity contribution >= 4 is 5.91 Å². The lowest BCUT2D eigenvalue weighted by atomic mass is 9.83. The average molecular weight is 288 g/mol. The number of carbonyl (C=O) groups excluding carboxylic acids is 1. The van der Waals surface area contributed by atoms with Crippen LogP contribution in [0, 0.1) is 11.8 Å². The van der Waals surface area contributed by atoms with Crippen molar-refractivity contribution in [2.24, 2.45) is 11.8 Å². The Bertz CT molecular complexity index is 647. The number of fused-ring (bicyclic) bond motifs is 1. The molecule has 1 N–H and O–H groups in total. The van der Waals surface area contributed by atoms with Gasteiger partial charge in [-0.15, -0.1) is 0 Å². The van der Waals surface area contributed by atoms with Crippen molar-refractivity contribution in [3.8, 4) is 5.75 Å². The maximum atomic E-state index is 12.5. The third kappa shape index (κ3) is 2.60. The molecule has 112 valence electrons. The molecule has 5 heteroatoms. The number of amides is 1. The number of hydrogen-bond acceptors (Lipinski definition) is 3. The van der Waals surface area contributed by atoms with Gasteiger partial charge in [-0.25, -0.2) is 0 Å². The van der Waals surface area contributed by atoms with E-state index in [-0.39, 0.29) is 17.1 Å². The van der Waals surface area contributed by atoms with Gasteiger partial charge in [-0.05, 0) is 31.6 Å². The van der Waals surface area contributed by atoms with Gasteiger partial charge in [0.15, 0.2) is 5.75 Å². The molecule has 2 aliphatic rings. The summed E-state index contributed by atoms with van der Waals surface area (Å²) in [4.78, 5) is 29.0. The van der Waals surface area contributed by atoms with Gasteiger partial charge in [-0.3, -0.25) is 9.59 Å². The van der Waals surface area contributed by atoms with E-state index >= 15 is 0 Å². The van der Waals surface area contributed by atoms with Crippen LogP contribution >= 0.6 is 0 Å². The minimum atomic E-state index is -0.270. The van der Waals surface area contributed by atoms with Crippen LogP contribution in [0.5, 0.6) is 5.75 Å². The number of hydrogen-bond donors (Lipinski definition) is 1. The molecule has 5 nitrogen and oxygen atoms in total. The largest absolute Gasteiger partial charge is 0.491 e. The summed E-state index contributed by atoms with van der Waals surface area (Å²) in [7, 11) is 1.44. The Morgan fingerprint density at radius 3 is 2.86 bits per heavy atom. The van der Waals surface area contributed by atoms with Gasteiger partial charge in [0.1, 0.15) is 5.69 Å². The lowest BCUT2D eigenvalue weighted by molar-refractivity contribution is 0.0778. The van der Waals surface area contributed by atoms with Gasteiger partial charge in [-0.1, -0.05) is 11.6 Å². The Morgan fingerprint density at radius 2 is 2.14 bits per heavy atom. The van der Waals surface area contributed by atoms with E-state index in [1.165, 1.54) is 24.9 Å². The van der Waals surface area contributed by atoms with Gasteiger partial charge in [0.25, 0.3) is 5.91 Å². The van der Waals surface area contributed by atoms with E-state index in [1.54, 1.807) is 0 Å². The van der Waals surface area contributed by atoms with Crippen molar-refractivity contribution in [3.05, 3.63) is 39.8 Å². The molecule has 0 saturated carbocycles. The van der Waals surface area contributed by atoms with Crippen LogP contribution in [0.1, 0.15) is 30.3 Å². The first-order valence-electron chi connectivity index (χ1n) is 7.30. The number of rotatable bonds is 2. The Morgan fingerprint density at radius 1 is 1.38 bits per heavy atom. The van der Waals surface area contributed by atoms with Gasteiger partial charge in [-0.2, -0.15) is 0 Å². The Hall–Kier alpha value is -2.04. The van der Waals surface area contributed by atoms with Gasteiger partial charge in [0.05, 0.1) is 7.11 Å². The predicted octanol–water partition coefficient (Wildman–Crippen LogP) is 1.81. The standard InChI is InChI=1S/C16H20N2O3/c1-10-3-4-11-8-18(9-12(11)5-10)16(20)13-6-14(19)15(21-2)7-17-13/h3,6-7,11-12H,4-5,8-9H2,1-2H3,(H,17,19)/t11-,12+/m0/s1. The van der Waals surface area contributed by atoms with Crippen molar-refractivity contribution in [2.45, 2.75) is 19.8 Å². The second-order valence-electron chi connectivity index (χ2n) is 6.00. The van der Waals surface area contributed by atoms with E-state index in [0.717, 1.165) is 25.9 Å². The van der Waals surface area contributed by atoms with Gasteiger partial charge < -0.3 is 14.6 Å². The van der Waals surface area contributed by atoms with Gasteiger partial charge in [0.2, 0.25) is 5.43 Å².